The van der Waals surface area contributed by atoms with Crippen molar-refractivity contribution in [1.82, 2.24) is 0 Å². The molecule has 1 aliphatic rings. The number of allylic oxidation sites excluding steroid dienone is 2. The molecule has 3 heteroatoms. The molecule has 1 saturated carbocycles. The van der Waals surface area contributed by atoms with Crippen molar-refractivity contribution in [3.63, 3.8) is 0 Å². The molecule has 1 rings (SSSR count). The molecule has 0 heterocycles. The summed E-state index contributed by atoms with van der Waals surface area (Å²) in [5.41, 5.74) is 0.651. The quantitative estimate of drug-likeness (QED) is 0.530. The maximum Gasteiger partial charge on any atom is 0.514 e. The van der Waals surface area contributed by atoms with E-state index >= 15 is 0 Å². The van der Waals surface area contributed by atoms with Crippen molar-refractivity contribution in [2.75, 3.05) is 0 Å². The lowest BCUT2D eigenvalue weighted by Crippen LogP contribution is -2.24. The zero-order chi connectivity index (χ0) is 12.9. The van der Waals surface area contributed by atoms with Crippen LogP contribution in [0.1, 0.15) is 52.9 Å². The fraction of sp³-hybridized carbons (Fsp3) is 0.643. The van der Waals surface area contributed by atoms with Gasteiger partial charge in [-0.05, 0) is 58.1 Å². The molecule has 0 radical (unpaired) electrons. The minimum atomic E-state index is -0.648. The Morgan fingerprint density at radius 1 is 1.24 bits per heavy atom. The topological polar surface area (TPSA) is 35.5 Å². The summed E-state index contributed by atoms with van der Waals surface area (Å²) in [4.78, 5) is 11.5. The Labute approximate surface area is 103 Å². The normalized spacial score (nSPS) is 16.3. The number of rotatable bonds is 2. The van der Waals surface area contributed by atoms with Crippen molar-refractivity contribution in [2.45, 2.75) is 58.5 Å². The predicted octanol–water partition coefficient (Wildman–Crippen LogP) is 4.34. The van der Waals surface area contributed by atoms with Gasteiger partial charge >= 0.3 is 6.16 Å². The van der Waals surface area contributed by atoms with E-state index in [2.05, 4.69) is 6.58 Å². The summed E-state index contributed by atoms with van der Waals surface area (Å²) in [6, 6.07) is 0. The van der Waals surface area contributed by atoms with E-state index < -0.39 is 11.8 Å². The van der Waals surface area contributed by atoms with Gasteiger partial charge in [-0.25, -0.2) is 4.79 Å². The Morgan fingerprint density at radius 2 is 1.82 bits per heavy atom. The SMILES string of the molecule is C=CC(OC(=O)OC(C)(C)C)=C1CCCCC1. The van der Waals surface area contributed by atoms with Gasteiger partial charge in [0.05, 0.1) is 0 Å². The van der Waals surface area contributed by atoms with Crippen molar-refractivity contribution >= 4 is 6.16 Å². The van der Waals surface area contributed by atoms with E-state index in [1.54, 1.807) is 6.08 Å². The Hall–Kier alpha value is -1.25. The van der Waals surface area contributed by atoms with Crippen LogP contribution in [0.25, 0.3) is 0 Å². The second-order valence-electron chi connectivity index (χ2n) is 5.30. The zero-order valence-corrected chi connectivity index (χ0v) is 11.0. The van der Waals surface area contributed by atoms with E-state index in [1.165, 1.54) is 12.0 Å². The van der Waals surface area contributed by atoms with Crippen LogP contribution in [0.3, 0.4) is 0 Å². The molecule has 3 nitrogen and oxygen atoms in total. The van der Waals surface area contributed by atoms with E-state index in [1.807, 2.05) is 20.8 Å². The summed E-state index contributed by atoms with van der Waals surface area (Å²) in [5, 5.41) is 0. The van der Waals surface area contributed by atoms with Crippen molar-refractivity contribution in [1.29, 1.82) is 0 Å². The lowest BCUT2D eigenvalue weighted by Gasteiger charge is -2.21. The maximum absolute atomic E-state index is 11.5. The Bertz CT molecular complexity index is 313. The Morgan fingerprint density at radius 3 is 2.29 bits per heavy atom. The van der Waals surface area contributed by atoms with Crippen molar-refractivity contribution < 1.29 is 14.3 Å². The molecule has 0 amide bonds. The van der Waals surface area contributed by atoms with Crippen molar-refractivity contribution in [2.24, 2.45) is 0 Å². The van der Waals surface area contributed by atoms with Gasteiger partial charge in [0.2, 0.25) is 0 Å². The number of carbonyl (C=O) groups excluding carboxylic acids is 1. The van der Waals surface area contributed by atoms with E-state index in [9.17, 15) is 4.79 Å². The number of hydrogen-bond acceptors (Lipinski definition) is 3. The summed E-state index contributed by atoms with van der Waals surface area (Å²) in [6.07, 6.45) is 6.50. The highest BCUT2D eigenvalue weighted by molar-refractivity contribution is 5.62. The fourth-order valence-electron chi connectivity index (χ4n) is 1.84. The highest BCUT2D eigenvalue weighted by Gasteiger charge is 2.20. The van der Waals surface area contributed by atoms with Gasteiger partial charge in [-0.3, -0.25) is 0 Å². The molecular formula is C14H22O3. The molecule has 0 aromatic carbocycles. The average molecular weight is 238 g/mol. The molecule has 0 aliphatic heterocycles. The highest BCUT2D eigenvalue weighted by atomic mass is 16.7. The van der Waals surface area contributed by atoms with Gasteiger partial charge < -0.3 is 9.47 Å². The smallest absolute Gasteiger partial charge is 0.428 e. The lowest BCUT2D eigenvalue weighted by molar-refractivity contribution is 0.00731. The third-order valence-corrected chi connectivity index (χ3v) is 2.57. The van der Waals surface area contributed by atoms with Crippen LogP contribution in [0, 0.1) is 0 Å². The van der Waals surface area contributed by atoms with Gasteiger partial charge in [0, 0.05) is 0 Å². The predicted molar refractivity (Wildman–Crippen MR) is 67.6 cm³/mol. The van der Waals surface area contributed by atoms with Crippen LogP contribution in [0.15, 0.2) is 24.0 Å². The van der Waals surface area contributed by atoms with Crippen LogP contribution in [0.5, 0.6) is 0 Å². The van der Waals surface area contributed by atoms with Gasteiger partial charge in [-0.2, -0.15) is 0 Å². The monoisotopic (exact) mass is 238 g/mol. The molecular weight excluding hydrogens is 216 g/mol. The van der Waals surface area contributed by atoms with Crippen LogP contribution in [-0.4, -0.2) is 11.8 Å². The van der Waals surface area contributed by atoms with Crippen LogP contribution < -0.4 is 0 Å². The third-order valence-electron chi connectivity index (χ3n) is 2.57. The van der Waals surface area contributed by atoms with E-state index in [4.69, 9.17) is 9.47 Å². The molecule has 96 valence electrons. The standard InChI is InChI=1S/C14H22O3/c1-5-12(11-9-7-6-8-10-11)16-13(15)17-14(2,3)4/h5H,1,6-10H2,2-4H3. The summed E-state index contributed by atoms with van der Waals surface area (Å²) >= 11 is 0. The highest BCUT2D eigenvalue weighted by Crippen LogP contribution is 2.27. The number of carbonyl (C=O) groups is 1. The third kappa shape index (κ3) is 5.07. The molecule has 0 bridgehead atoms. The Balaban J connectivity index is 2.63. The minimum Gasteiger partial charge on any atom is -0.428 e. The molecule has 0 unspecified atom stereocenters. The molecule has 0 aromatic rings. The summed E-state index contributed by atoms with van der Waals surface area (Å²) in [6.45, 7) is 9.14. The minimum absolute atomic E-state index is 0.527. The van der Waals surface area contributed by atoms with Gasteiger partial charge in [-0.15, -0.1) is 0 Å². The van der Waals surface area contributed by atoms with Crippen molar-refractivity contribution in [3.8, 4) is 0 Å². The first-order valence-electron chi connectivity index (χ1n) is 6.17. The first kappa shape index (κ1) is 13.8. The van der Waals surface area contributed by atoms with E-state index in [0.29, 0.717) is 5.76 Å². The molecule has 0 saturated heterocycles. The number of ether oxygens (including phenoxy) is 2. The van der Waals surface area contributed by atoms with Gasteiger partial charge in [-0.1, -0.05) is 13.0 Å². The Kier molecular flexibility index (Phi) is 4.79. The molecule has 0 aromatic heterocycles. The summed E-state index contributed by atoms with van der Waals surface area (Å²) in [7, 11) is 0. The first-order valence-corrected chi connectivity index (χ1v) is 6.17. The van der Waals surface area contributed by atoms with Crippen molar-refractivity contribution in [3.05, 3.63) is 24.0 Å². The fourth-order valence-corrected chi connectivity index (χ4v) is 1.84. The second-order valence-corrected chi connectivity index (χ2v) is 5.30. The summed E-state index contributed by atoms with van der Waals surface area (Å²) < 4.78 is 10.3. The zero-order valence-electron chi connectivity index (χ0n) is 11.0. The average Bonchev–Trinajstić information content (AvgIpc) is 2.24. The lowest BCUT2D eigenvalue weighted by atomic mass is 9.94. The van der Waals surface area contributed by atoms with Crippen LogP contribution >= 0.6 is 0 Å². The van der Waals surface area contributed by atoms with Gasteiger partial charge in [0.25, 0.3) is 0 Å². The van der Waals surface area contributed by atoms with Crippen LogP contribution in [-0.2, 0) is 9.47 Å². The molecule has 1 aliphatic carbocycles. The molecule has 0 N–H and O–H groups in total. The van der Waals surface area contributed by atoms with Gasteiger partial charge in [0.1, 0.15) is 11.4 Å². The van der Waals surface area contributed by atoms with Crippen LogP contribution in [0.4, 0.5) is 4.79 Å². The van der Waals surface area contributed by atoms with Gasteiger partial charge in [0.15, 0.2) is 0 Å². The summed E-state index contributed by atoms with van der Waals surface area (Å²) in [5.74, 6) is 0.582. The maximum atomic E-state index is 11.5. The van der Waals surface area contributed by atoms with Crippen LogP contribution in [0.2, 0.25) is 0 Å². The second kappa shape index (κ2) is 5.89. The number of hydrogen-bond donors (Lipinski definition) is 0. The largest absolute Gasteiger partial charge is 0.514 e. The first-order chi connectivity index (χ1) is 7.92. The molecule has 0 spiro atoms. The molecule has 17 heavy (non-hydrogen) atoms. The van der Waals surface area contributed by atoms with E-state index in [0.717, 1.165) is 25.7 Å². The molecule has 0 atom stereocenters. The van der Waals surface area contributed by atoms with E-state index in [-0.39, 0.29) is 0 Å². The molecule has 1 fully saturated rings.